The van der Waals surface area contributed by atoms with Crippen LogP contribution in [0, 0.1) is 12.8 Å². The largest absolute Gasteiger partial charge is 0.423 e. The van der Waals surface area contributed by atoms with Gasteiger partial charge in [-0.05, 0) is 69.7 Å². The maximum atomic E-state index is 13.1. The van der Waals surface area contributed by atoms with Crippen LogP contribution in [-0.4, -0.2) is 42.4 Å². The molecular formula is C25H37N5O5. The quantitative estimate of drug-likeness (QED) is 0.223. The zero-order chi connectivity index (χ0) is 26.1. The van der Waals surface area contributed by atoms with Gasteiger partial charge >= 0.3 is 5.63 Å². The van der Waals surface area contributed by atoms with E-state index in [1.165, 1.54) is 13.0 Å². The van der Waals surface area contributed by atoms with Crippen molar-refractivity contribution in [3.05, 3.63) is 40.2 Å². The number of nitrogens with one attached hydrogen (secondary N) is 3. The molecule has 35 heavy (non-hydrogen) atoms. The minimum Gasteiger partial charge on any atom is -0.423 e. The molecule has 2 rings (SSSR count). The summed E-state index contributed by atoms with van der Waals surface area (Å²) in [5.41, 5.74) is 12.3. The summed E-state index contributed by atoms with van der Waals surface area (Å²) in [6.45, 7) is 7.67. The zero-order valence-electron chi connectivity index (χ0n) is 20.9. The monoisotopic (exact) mass is 487 g/mol. The van der Waals surface area contributed by atoms with Crippen molar-refractivity contribution in [1.82, 2.24) is 10.6 Å². The molecule has 1 aromatic carbocycles. The van der Waals surface area contributed by atoms with Gasteiger partial charge in [0.1, 0.15) is 17.7 Å². The van der Waals surface area contributed by atoms with Gasteiger partial charge in [0.25, 0.3) is 0 Å². The molecule has 10 nitrogen and oxygen atoms in total. The summed E-state index contributed by atoms with van der Waals surface area (Å²) in [6.07, 6.45) is 2.08. The minimum atomic E-state index is -0.851. The fourth-order valence-corrected chi connectivity index (χ4v) is 3.67. The van der Waals surface area contributed by atoms with E-state index in [0.29, 0.717) is 43.5 Å². The molecule has 0 fully saturated rings. The fourth-order valence-electron chi connectivity index (χ4n) is 3.67. The molecule has 192 valence electrons. The van der Waals surface area contributed by atoms with E-state index in [1.54, 1.807) is 25.1 Å². The van der Waals surface area contributed by atoms with Crippen molar-refractivity contribution in [3.63, 3.8) is 0 Å². The molecule has 2 aromatic rings. The highest BCUT2D eigenvalue weighted by atomic mass is 16.4. The third kappa shape index (κ3) is 8.48. The second-order valence-corrected chi connectivity index (χ2v) is 9.27. The Hall–Kier alpha value is -3.24. The maximum absolute atomic E-state index is 13.1. The number of aryl methyl sites for hydroxylation is 1. The summed E-state index contributed by atoms with van der Waals surface area (Å²) < 4.78 is 5.25. The molecule has 0 aliphatic carbocycles. The van der Waals surface area contributed by atoms with Crippen LogP contribution in [0.4, 0.5) is 5.69 Å². The molecule has 0 radical (unpaired) electrons. The zero-order valence-corrected chi connectivity index (χ0v) is 20.9. The smallest absolute Gasteiger partial charge is 0.336 e. The molecule has 0 unspecified atom stereocenters. The summed E-state index contributed by atoms with van der Waals surface area (Å²) in [4.78, 5) is 50.0. The van der Waals surface area contributed by atoms with E-state index < -0.39 is 41.5 Å². The summed E-state index contributed by atoms with van der Waals surface area (Å²) in [6, 6.07) is 4.00. The van der Waals surface area contributed by atoms with Crippen molar-refractivity contribution in [1.29, 1.82) is 0 Å². The minimum absolute atomic E-state index is 0.124. The summed E-state index contributed by atoms with van der Waals surface area (Å²) in [5.74, 6) is -1.20. The average molecular weight is 488 g/mol. The number of rotatable bonds is 12. The molecule has 1 heterocycles. The van der Waals surface area contributed by atoms with E-state index in [0.717, 1.165) is 10.9 Å². The Morgan fingerprint density at radius 1 is 0.971 bits per heavy atom. The second-order valence-electron chi connectivity index (χ2n) is 9.27. The molecule has 0 aliphatic heterocycles. The maximum Gasteiger partial charge on any atom is 0.336 e. The van der Waals surface area contributed by atoms with Crippen LogP contribution in [0.3, 0.4) is 0 Å². The second kappa shape index (κ2) is 13.0. The van der Waals surface area contributed by atoms with Crippen LogP contribution in [0.2, 0.25) is 0 Å². The van der Waals surface area contributed by atoms with Crippen molar-refractivity contribution in [2.75, 3.05) is 11.9 Å². The molecule has 0 saturated heterocycles. The molecule has 10 heteroatoms. The number of carbonyl (C=O) groups is 3. The van der Waals surface area contributed by atoms with E-state index in [9.17, 15) is 19.2 Å². The van der Waals surface area contributed by atoms with Gasteiger partial charge in [0.15, 0.2) is 0 Å². The first-order valence-corrected chi connectivity index (χ1v) is 11.9. The Morgan fingerprint density at radius 2 is 1.66 bits per heavy atom. The van der Waals surface area contributed by atoms with Crippen LogP contribution in [-0.2, 0) is 14.4 Å². The van der Waals surface area contributed by atoms with E-state index >= 15 is 0 Å². The predicted octanol–water partition coefficient (Wildman–Crippen LogP) is 1.53. The first-order chi connectivity index (χ1) is 16.5. The van der Waals surface area contributed by atoms with E-state index in [1.807, 2.05) is 13.8 Å². The molecule has 3 amide bonds. The van der Waals surface area contributed by atoms with Crippen molar-refractivity contribution in [2.45, 2.75) is 71.5 Å². The van der Waals surface area contributed by atoms with Gasteiger partial charge in [0, 0.05) is 23.2 Å². The highest BCUT2D eigenvalue weighted by Crippen LogP contribution is 2.21. The number of amides is 3. The Labute approximate surface area is 205 Å². The first kappa shape index (κ1) is 28.0. The normalized spacial score (nSPS) is 13.8. The predicted molar refractivity (Wildman–Crippen MR) is 136 cm³/mol. The summed E-state index contributed by atoms with van der Waals surface area (Å²) >= 11 is 0. The number of hydrogen-bond acceptors (Lipinski definition) is 7. The SMILES string of the molecule is Cc1cc(=O)oc2cc(NC(=O)[C@H](CCCCN)NC(=O)[C@@H](CC(C)C)NC(=O)[C@H](C)N)ccc12. The Morgan fingerprint density at radius 3 is 2.29 bits per heavy atom. The summed E-state index contributed by atoms with van der Waals surface area (Å²) in [5, 5.41) is 9.00. The lowest BCUT2D eigenvalue weighted by Gasteiger charge is -2.25. The van der Waals surface area contributed by atoms with Crippen LogP contribution < -0.4 is 33.0 Å². The van der Waals surface area contributed by atoms with Gasteiger partial charge in [-0.25, -0.2) is 4.79 Å². The Balaban J connectivity index is 2.21. The fraction of sp³-hybridized carbons (Fsp3) is 0.520. The number of nitrogens with two attached hydrogens (primary N) is 2. The van der Waals surface area contributed by atoms with Crippen molar-refractivity contribution >= 4 is 34.4 Å². The third-order valence-corrected chi connectivity index (χ3v) is 5.55. The molecule has 3 atom stereocenters. The van der Waals surface area contributed by atoms with Gasteiger partial charge in [-0.2, -0.15) is 0 Å². The number of benzene rings is 1. The number of unbranched alkanes of at least 4 members (excludes halogenated alkanes) is 1. The van der Waals surface area contributed by atoms with Gasteiger partial charge in [0.05, 0.1) is 6.04 Å². The molecule has 0 saturated carbocycles. The highest BCUT2D eigenvalue weighted by molar-refractivity contribution is 5.99. The first-order valence-electron chi connectivity index (χ1n) is 11.9. The van der Waals surface area contributed by atoms with Crippen molar-refractivity contribution < 1.29 is 18.8 Å². The average Bonchev–Trinajstić information content (AvgIpc) is 2.77. The topological polar surface area (TPSA) is 170 Å². The number of carbonyl (C=O) groups excluding carboxylic acids is 3. The molecule has 7 N–H and O–H groups in total. The van der Waals surface area contributed by atoms with Crippen LogP contribution in [0.5, 0.6) is 0 Å². The van der Waals surface area contributed by atoms with Gasteiger partial charge in [0.2, 0.25) is 17.7 Å². The summed E-state index contributed by atoms with van der Waals surface area (Å²) in [7, 11) is 0. The lowest BCUT2D eigenvalue weighted by molar-refractivity contribution is -0.131. The molecule has 0 bridgehead atoms. The van der Waals surface area contributed by atoms with Gasteiger partial charge < -0.3 is 31.8 Å². The number of anilines is 1. The van der Waals surface area contributed by atoms with Crippen LogP contribution >= 0.6 is 0 Å². The third-order valence-electron chi connectivity index (χ3n) is 5.55. The van der Waals surface area contributed by atoms with Crippen LogP contribution in [0.1, 0.15) is 52.0 Å². The Bertz CT molecular complexity index is 1100. The van der Waals surface area contributed by atoms with Crippen LogP contribution in [0.25, 0.3) is 11.0 Å². The van der Waals surface area contributed by atoms with E-state index in [2.05, 4.69) is 16.0 Å². The molecule has 0 spiro atoms. The van der Waals surface area contributed by atoms with Crippen molar-refractivity contribution in [2.24, 2.45) is 17.4 Å². The molecule has 1 aromatic heterocycles. The number of fused-ring (bicyclic) bond motifs is 1. The number of hydrogen-bond donors (Lipinski definition) is 5. The van der Waals surface area contributed by atoms with Gasteiger partial charge in [-0.15, -0.1) is 0 Å². The van der Waals surface area contributed by atoms with E-state index in [-0.39, 0.29) is 5.92 Å². The molecular weight excluding hydrogens is 450 g/mol. The van der Waals surface area contributed by atoms with Crippen LogP contribution in [0.15, 0.2) is 33.5 Å². The van der Waals surface area contributed by atoms with E-state index in [4.69, 9.17) is 15.9 Å². The standard InChI is InChI=1S/C25H37N5O5/c1-14(2)11-20(30-23(32)16(4)27)25(34)29-19(7-5-6-10-26)24(33)28-17-8-9-18-15(3)12-22(31)35-21(18)13-17/h8-9,12-14,16,19-20H,5-7,10-11,26-27H2,1-4H3,(H,28,33)(H,29,34)(H,30,32)/t16-,19-,20+/m0/s1. The van der Waals surface area contributed by atoms with Gasteiger partial charge in [-0.3, -0.25) is 14.4 Å². The van der Waals surface area contributed by atoms with Gasteiger partial charge in [-0.1, -0.05) is 13.8 Å². The highest BCUT2D eigenvalue weighted by Gasteiger charge is 2.28. The molecule has 0 aliphatic rings. The Kier molecular flexibility index (Phi) is 10.4. The van der Waals surface area contributed by atoms with Crippen molar-refractivity contribution in [3.8, 4) is 0 Å². The lowest BCUT2D eigenvalue weighted by atomic mass is 10.0. The lowest BCUT2D eigenvalue weighted by Crippen LogP contribution is -2.55.